The van der Waals surface area contributed by atoms with Gasteiger partial charge in [0.1, 0.15) is 12.3 Å². The Bertz CT molecular complexity index is 1050. The van der Waals surface area contributed by atoms with E-state index in [4.69, 9.17) is 14.2 Å². The molecule has 0 aliphatic heterocycles. The SMILES string of the molecule is COC(=O)c1cn(CC(=O)O[C@H](C)C(=O)c2ccc(OC)cc2)c2ccccc12. The lowest BCUT2D eigenvalue weighted by atomic mass is 10.1. The van der Waals surface area contributed by atoms with Gasteiger partial charge < -0.3 is 18.8 Å². The largest absolute Gasteiger partial charge is 0.497 e. The Morgan fingerprint density at radius 2 is 1.69 bits per heavy atom. The summed E-state index contributed by atoms with van der Waals surface area (Å²) in [5.74, 6) is -0.756. The number of ether oxygens (including phenoxy) is 3. The number of esters is 2. The van der Waals surface area contributed by atoms with E-state index >= 15 is 0 Å². The van der Waals surface area contributed by atoms with Crippen LogP contribution in [0, 0.1) is 0 Å². The van der Waals surface area contributed by atoms with Crippen LogP contribution in [-0.4, -0.2) is 42.6 Å². The first-order chi connectivity index (χ1) is 13.9. The molecule has 0 bridgehead atoms. The first-order valence-electron chi connectivity index (χ1n) is 8.98. The molecule has 0 spiro atoms. The van der Waals surface area contributed by atoms with E-state index in [-0.39, 0.29) is 12.3 Å². The predicted molar refractivity (Wildman–Crippen MR) is 106 cm³/mol. The van der Waals surface area contributed by atoms with Gasteiger partial charge in [0.2, 0.25) is 5.78 Å². The van der Waals surface area contributed by atoms with Crippen LogP contribution < -0.4 is 4.74 Å². The molecule has 1 aromatic heterocycles. The summed E-state index contributed by atoms with van der Waals surface area (Å²) in [6.45, 7) is 1.38. The van der Waals surface area contributed by atoms with E-state index in [1.54, 1.807) is 59.3 Å². The van der Waals surface area contributed by atoms with Crippen LogP contribution in [0.2, 0.25) is 0 Å². The molecule has 0 aliphatic rings. The summed E-state index contributed by atoms with van der Waals surface area (Å²) in [5.41, 5.74) is 1.47. The first-order valence-corrected chi connectivity index (χ1v) is 8.98. The van der Waals surface area contributed by atoms with E-state index in [1.165, 1.54) is 21.1 Å². The van der Waals surface area contributed by atoms with Gasteiger partial charge in [0, 0.05) is 22.7 Å². The van der Waals surface area contributed by atoms with Crippen molar-refractivity contribution in [2.75, 3.05) is 14.2 Å². The van der Waals surface area contributed by atoms with E-state index in [9.17, 15) is 14.4 Å². The summed E-state index contributed by atoms with van der Waals surface area (Å²) in [6.07, 6.45) is 0.603. The van der Waals surface area contributed by atoms with Crippen LogP contribution in [0.15, 0.2) is 54.7 Å². The lowest BCUT2D eigenvalue weighted by Gasteiger charge is -2.13. The Morgan fingerprint density at radius 1 is 1.00 bits per heavy atom. The number of aromatic nitrogens is 1. The zero-order valence-corrected chi connectivity index (χ0v) is 16.4. The molecule has 0 unspecified atom stereocenters. The number of hydrogen-bond acceptors (Lipinski definition) is 6. The monoisotopic (exact) mass is 395 g/mol. The van der Waals surface area contributed by atoms with Gasteiger partial charge in [0.25, 0.3) is 0 Å². The maximum Gasteiger partial charge on any atom is 0.340 e. The fourth-order valence-electron chi connectivity index (χ4n) is 3.07. The number of nitrogens with zero attached hydrogens (tertiary/aromatic N) is 1. The van der Waals surface area contributed by atoms with Crippen LogP contribution in [-0.2, 0) is 20.8 Å². The van der Waals surface area contributed by atoms with Gasteiger partial charge in [-0.25, -0.2) is 4.79 Å². The van der Waals surface area contributed by atoms with Gasteiger partial charge in [-0.2, -0.15) is 0 Å². The fraction of sp³-hybridized carbons (Fsp3) is 0.227. The summed E-state index contributed by atoms with van der Waals surface area (Å²) in [7, 11) is 2.84. The Kier molecular flexibility index (Phi) is 5.97. The van der Waals surface area contributed by atoms with Gasteiger partial charge in [-0.05, 0) is 37.3 Å². The van der Waals surface area contributed by atoms with E-state index in [1.807, 2.05) is 0 Å². The average Bonchev–Trinajstić information content (AvgIpc) is 3.11. The number of Topliss-reactive ketones (excluding diaryl/α,β-unsaturated/α-hetero) is 1. The number of hydrogen-bond donors (Lipinski definition) is 0. The van der Waals surface area contributed by atoms with Crippen LogP contribution in [0.4, 0.5) is 0 Å². The van der Waals surface area contributed by atoms with Gasteiger partial charge >= 0.3 is 11.9 Å². The maximum atomic E-state index is 12.5. The number of benzene rings is 2. The summed E-state index contributed by atoms with van der Waals surface area (Å²) in [5, 5.41) is 0.675. The molecule has 0 N–H and O–H groups in total. The van der Waals surface area contributed by atoms with Crippen molar-refractivity contribution in [3.63, 3.8) is 0 Å². The number of fused-ring (bicyclic) bond motifs is 1. The van der Waals surface area contributed by atoms with Crippen LogP contribution in [0.5, 0.6) is 5.75 Å². The smallest absolute Gasteiger partial charge is 0.340 e. The second-order valence-electron chi connectivity index (χ2n) is 6.40. The third-order valence-electron chi connectivity index (χ3n) is 4.55. The van der Waals surface area contributed by atoms with Crippen LogP contribution in [0.25, 0.3) is 10.9 Å². The van der Waals surface area contributed by atoms with Crippen LogP contribution >= 0.6 is 0 Å². The summed E-state index contributed by atoms with van der Waals surface area (Å²) in [4.78, 5) is 36.9. The van der Waals surface area contributed by atoms with E-state index in [0.29, 0.717) is 27.8 Å². The van der Waals surface area contributed by atoms with Gasteiger partial charge in [-0.15, -0.1) is 0 Å². The second-order valence-corrected chi connectivity index (χ2v) is 6.40. The van der Waals surface area contributed by atoms with Gasteiger partial charge in [-0.3, -0.25) is 9.59 Å². The van der Waals surface area contributed by atoms with Gasteiger partial charge in [0.15, 0.2) is 6.10 Å². The van der Waals surface area contributed by atoms with E-state index < -0.39 is 18.0 Å². The van der Waals surface area contributed by atoms with Gasteiger partial charge in [0.05, 0.1) is 19.8 Å². The highest BCUT2D eigenvalue weighted by molar-refractivity contribution is 6.04. The van der Waals surface area contributed by atoms with Crippen LogP contribution in [0.3, 0.4) is 0 Å². The molecule has 1 atom stereocenters. The zero-order chi connectivity index (χ0) is 21.0. The topological polar surface area (TPSA) is 83.8 Å². The number of ketones is 1. The Hall–Kier alpha value is -3.61. The fourth-order valence-corrected chi connectivity index (χ4v) is 3.07. The molecule has 0 amide bonds. The van der Waals surface area contributed by atoms with Crippen molar-refractivity contribution in [1.29, 1.82) is 0 Å². The van der Waals surface area contributed by atoms with E-state index in [0.717, 1.165) is 0 Å². The Labute approximate surface area is 167 Å². The van der Waals surface area contributed by atoms with Crippen molar-refractivity contribution in [1.82, 2.24) is 4.57 Å². The minimum atomic E-state index is -0.946. The quantitative estimate of drug-likeness (QED) is 0.451. The minimum Gasteiger partial charge on any atom is -0.497 e. The molecule has 7 heteroatoms. The molecule has 29 heavy (non-hydrogen) atoms. The summed E-state index contributed by atoms with van der Waals surface area (Å²) < 4.78 is 16.8. The third kappa shape index (κ3) is 4.29. The molecule has 3 rings (SSSR count). The molecule has 2 aromatic carbocycles. The molecule has 0 aliphatic carbocycles. The molecule has 3 aromatic rings. The number of carbonyl (C=O) groups is 3. The lowest BCUT2D eigenvalue weighted by Crippen LogP contribution is -2.26. The van der Waals surface area contributed by atoms with Crippen molar-refractivity contribution in [3.8, 4) is 5.75 Å². The number of methoxy groups -OCH3 is 2. The van der Waals surface area contributed by atoms with E-state index in [2.05, 4.69) is 0 Å². The molecule has 0 fully saturated rings. The Balaban J connectivity index is 1.73. The standard InChI is InChI=1S/C22H21NO6/c1-14(21(25)15-8-10-16(27-2)11-9-15)29-20(24)13-23-12-18(22(26)28-3)17-6-4-5-7-19(17)23/h4-12,14H,13H2,1-3H3/t14-/m1/s1. The highest BCUT2D eigenvalue weighted by Crippen LogP contribution is 2.22. The molecule has 150 valence electrons. The normalized spacial score (nSPS) is 11.7. The van der Waals surface area contributed by atoms with Crippen molar-refractivity contribution in [3.05, 3.63) is 65.9 Å². The number of rotatable bonds is 7. The Morgan fingerprint density at radius 3 is 2.34 bits per heavy atom. The molecule has 0 radical (unpaired) electrons. The summed E-state index contributed by atoms with van der Waals surface area (Å²) >= 11 is 0. The second kappa shape index (κ2) is 8.60. The third-order valence-corrected chi connectivity index (χ3v) is 4.55. The first kappa shape index (κ1) is 20.1. The molecule has 0 saturated carbocycles. The lowest BCUT2D eigenvalue weighted by molar-refractivity contribution is -0.146. The van der Waals surface area contributed by atoms with Crippen molar-refractivity contribution in [2.24, 2.45) is 0 Å². The van der Waals surface area contributed by atoms with Gasteiger partial charge in [-0.1, -0.05) is 18.2 Å². The number of carbonyl (C=O) groups excluding carboxylic acids is 3. The predicted octanol–water partition coefficient (Wildman–Crippen LogP) is 3.25. The van der Waals surface area contributed by atoms with Crippen LogP contribution in [0.1, 0.15) is 27.6 Å². The minimum absolute atomic E-state index is 0.141. The number of para-hydroxylation sites is 1. The van der Waals surface area contributed by atoms with Crippen molar-refractivity contribution < 1.29 is 28.6 Å². The van der Waals surface area contributed by atoms with Crippen molar-refractivity contribution >= 4 is 28.6 Å². The summed E-state index contributed by atoms with van der Waals surface area (Å²) in [6, 6.07) is 13.7. The average molecular weight is 395 g/mol. The molecule has 0 saturated heterocycles. The zero-order valence-electron chi connectivity index (χ0n) is 16.4. The highest BCUT2D eigenvalue weighted by atomic mass is 16.5. The molecule has 1 heterocycles. The maximum absolute atomic E-state index is 12.5. The highest BCUT2D eigenvalue weighted by Gasteiger charge is 2.21. The van der Waals surface area contributed by atoms with Crippen molar-refractivity contribution in [2.45, 2.75) is 19.6 Å². The molecular formula is C22H21NO6. The molecular weight excluding hydrogens is 374 g/mol. The molecule has 7 nitrogen and oxygen atoms in total.